The van der Waals surface area contributed by atoms with Crippen LogP contribution >= 0.6 is 0 Å². The number of fused-ring (bicyclic) bond motifs is 1. The number of hydrogen-bond acceptors (Lipinski definition) is 4. The van der Waals surface area contributed by atoms with Gasteiger partial charge in [-0.25, -0.2) is 8.42 Å². The fourth-order valence-corrected chi connectivity index (χ4v) is 5.05. The van der Waals surface area contributed by atoms with Crippen LogP contribution < -0.4 is 38.8 Å². The number of rotatable bonds is 11. The largest absolute Gasteiger partial charge is 1.00 e. The van der Waals surface area contributed by atoms with Crippen molar-refractivity contribution < 1.29 is 42.5 Å². The number of unbranched alkanes of at least 4 members (excludes halogenated alkanes) is 6. The SMILES string of the molecule is CCCCCCCCCC1N(Cc2ccccc2)c2ccccc2N1S(=O)(=O)[O-].[Na+]. The van der Waals surface area contributed by atoms with Crippen LogP contribution in [0.15, 0.2) is 54.6 Å². The number of nitrogens with zero attached hydrogens (tertiary/aromatic N) is 2. The zero-order chi connectivity index (χ0) is 20.7. The normalized spacial score (nSPS) is 15.7. The van der Waals surface area contributed by atoms with Gasteiger partial charge in [0.1, 0.15) is 6.17 Å². The molecule has 0 amide bonds. The molecule has 1 aliphatic rings. The number of anilines is 2. The summed E-state index contributed by atoms with van der Waals surface area (Å²) in [7, 11) is -4.60. The second kappa shape index (κ2) is 12.1. The van der Waals surface area contributed by atoms with E-state index in [-0.39, 0.29) is 29.6 Å². The van der Waals surface area contributed by atoms with Gasteiger partial charge in [-0.1, -0.05) is 87.9 Å². The first-order chi connectivity index (χ1) is 14.0. The maximum atomic E-state index is 12.2. The summed E-state index contributed by atoms with van der Waals surface area (Å²) in [6, 6.07) is 17.3. The predicted molar refractivity (Wildman–Crippen MR) is 118 cm³/mol. The maximum Gasteiger partial charge on any atom is 1.00 e. The van der Waals surface area contributed by atoms with Crippen molar-refractivity contribution in [2.45, 2.75) is 71.0 Å². The summed E-state index contributed by atoms with van der Waals surface area (Å²) < 4.78 is 37.6. The summed E-state index contributed by atoms with van der Waals surface area (Å²) in [6.45, 7) is 2.78. The molecule has 3 rings (SSSR count). The summed E-state index contributed by atoms with van der Waals surface area (Å²) >= 11 is 0. The minimum absolute atomic E-state index is 0. The van der Waals surface area contributed by atoms with Crippen LogP contribution in [0.3, 0.4) is 0 Å². The van der Waals surface area contributed by atoms with Gasteiger partial charge in [-0.15, -0.1) is 0 Å². The van der Waals surface area contributed by atoms with E-state index in [0.717, 1.165) is 34.8 Å². The van der Waals surface area contributed by atoms with Gasteiger partial charge in [0, 0.05) is 6.54 Å². The van der Waals surface area contributed by atoms with Crippen LogP contribution in [0.2, 0.25) is 0 Å². The molecule has 5 nitrogen and oxygen atoms in total. The molecule has 1 unspecified atom stereocenters. The standard InChI is InChI=1S/C23H32N2O3S.Na/c1-2-3-4-5-6-7-11-18-23-24(19-20-14-9-8-10-15-20)21-16-12-13-17-22(21)25(23)29(26,27)28;/h8-10,12-17,23H,2-7,11,18-19H2,1H3,(H,26,27,28);/q;+1/p-1. The van der Waals surface area contributed by atoms with Gasteiger partial charge in [-0.2, -0.15) is 0 Å². The first kappa shape index (κ1) is 25.2. The Kier molecular flexibility index (Phi) is 10.2. The minimum atomic E-state index is -4.60. The van der Waals surface area contributed by atoms with E-state index >= 15 is 0 Å². The summed E-state index contributed by atoms with van der Waals surface area (Å²) in [5, 5.41) is 0. The molecule has 2 aromatic rings. The Morgan fingerprint density at radius 1 is 0.833 bits per heavy atom. The van der Waals surface area contributed by atoms with E-state index in [1.54, 1.807) is 12.1 Å². The van der Waals surface area contributed by atoms with Gasteiger partial charge in [-0.05, 0) is 30.5 Å². The molecule has 7 heteroatoms. The van der Waals surface area contributed by atoms with Crippen LogP contribution in [-0.4, -0.2) is 19.1 Å². The third kappa shape index (κ3) is 6.47. The van der Waals surface area contributed by atoms with Crippen LogP contribution in [0, 0.1) is 0 Å². The second-order valence-electron chi connectivity index (χ2n) is 7.75. The van der Waals surface area contributed by atoms with Crippen molar-refractivity contribution in [2.75, 3.05) is 9.21 Å². The quantitative estimate of drug-likeness (QED) is 0.307. The van der Waals surface area contributed by atoms with Crippen LogP contribution in [-0.2, 0) is 16.8 Å². The first-order valence-corrected chi connectivity index (χ1v) is 12.0. The van der Waals surface area contributed by atoms with Crippen molar-refractivity contribution in [3.63, 3.8) is 0 Å². The predicted octanol–water partition coefficient (Wildman–Crippen LogP) is 2.44. The molecule has 0 saturated carbocycles. The maximum absolute atomic E-state index is 12.2. The fourth-order valence-electron chi connectivity index (χ4n) is 4.14. The molecule has 0 N–H and O–H groups in total. The average molecular weight is 439 g/mol. The number of hydrogen-bond donors (Lipinski definition) is 0. The Balaban J connectivity index is 0.00000320. The average Bonchev–Trinajstić information content (AvgIpc) is 3.02. The van der Waals surface area contributed by atoms with Crippen LogP contribution in [0.1, 0.15) is 63.9 Å². The van der Waals surface area contributed by atoms with E-state index in [2.05, 4.69) is 11.8 Å². The molecule has 0 bridgehead atoms. The van der Waals surface area contributed by atoms with Crippen molar-refractivity contribution in [2.24, 2.45) is 0 Å². The molecule has 0 aliphatic carbocycles. The molecule has 1 heterocycles. The summed E-state index contributed by atoms with van der Waals surface area (Å²) in [5.41, 5.74) is 2.40. The van der Waals surface area contributed by atoms with Gasteiger partial charge in [0.25, 0.3) is 0 Å². The fraction of sp³-hybridized carbons (Fsp3) is 0.478. The molecule has 0 saturated heterocycles. The summed E-state index contributed by atoms with van der Waals surface area (Å²) in [4.78, 5) is 2.07. The van der Waals surface area contributed by atoms with Crippen molar-refractivity contribution >= 4 is 21.7 Å². The molecule has 1 aliphatic heterocycles. The van der Waals surface area contributed by atoms with E-state index in [9.17, 15) is 13.0 Å². The smallest absolute Gasteiger partial charge is 0.731 e. The molecule has 1 atom stereocenters. The summed E-state index contributed by atoms with van der Waals surface area (Å²) in [6.07, 6.45) is 8.27. The van der Waals surface area contributed by atoms with E-state index in [1.807, 2.05) is 42.5 Å². The van der Waals surface area contributed by atoms with Crippen molar-refractivity contribution in [3.05, 3.63) is 60.2 Å². The second-order valence-corrected chi connectivity index (χ2v) is 9.00. The Bertz CT molecular complexity index is 877. The Hall–Kier alpha value is -1.05. The summed E-state index contributed by atoms with van der Waals surface area (Å²) in [5.74, 6) is 0. The van der Waals surface area contributed by atoms with Gasteiger partial charge in [0.2, 0.25) is 0 Å². The monoisotopic (exact) mass is 438 g/mol. The van der Waals surface area contributed by atoms with E-state index in [0.29, 0.717) is 18.7 Å². The van der Waals surface area contributed by atoms with Gasteiger partial charge >= 0.3 is 29.6 Å². The Morgan fingerprint density at radius 3 is 2.03 bits per heavy atom. The third-order valence-electron chi connectivity index (χ3n) is 5.56. The van der Waals surface area contributed by atoms with Crippen molar-refractivity contribution in [3.8, 4) is 0 Å². The number of para-hydroxylation sites is 2. The van der Waals surface area contributed by atoms with Crippen LogP contribution in [0.4, 0.5) is 11.4 Å². The molecule has 0 aromatic heterocycles. The molecule has 30 heavy (non-hydrogen) atoms. The molecular formula is C23H31N2NaO3S. The number of benzene rings is 2. The van der Waals surface area contributed by atoms with Gasteiger partial charge in [0.05, 0.1) is 11.4 Å². The molecule has 0 fully saturated rings. The first-order valence-electron chi connectivity index (χ1n) is 10.7. The van der Waals surface area contributed by atoms with Crippen LogP contribution in [0.5, 0.6) is 0 Å². The van der Waals surface area contributed by atoms with E-state index in [1.165, 1.54) is 25.7 Å². The third-order valence-corrected chi connectivity index (χ3v) is 6.48. The molecule has 158 valence electrons. The van der Waals surface area contributed by atoms with E-state index < -0.39 is 16.5 Å². The molecule has 0 spiro atoms. The Labute approximate surface area is 203 Å². The zero-order valence-electron chi connectivity index (χ0n) is 18.2. The van der Waals surface area contributed by atoms with E-state index in [4.69, 9.17) is 0 Å². The van der Waals surface area contributed by atoms with Gasteiger partial charge < -0.3 is 9.45 Å². The molecular weight excluding hydrogens is 407 g/mol. The minimum Gasteiger partial charge on any atom is -0.731 e. The van der Waals surface area contributed by atoms with Crippen LogP contribution in [0.25, 0.3) is 0 Å². The van der Waals surface area contributed by atoms with Crippen molar-refractivity contribution in [1.82, 2.24) is 0 Å². The topological polar surface area (TPSA) is 63.7 Å². The van der Waals surface area contributed by atoms with Gasteiger partial charge in [-0.3, -0.25) is 4.31 Å². The van der Waals surface area contributed by atoms with Gasteiger partial charge in [0.15, 0.2) is 10.3 Å². The molecule has 0 radical (unpaired) electrons. The molecule has 2 aromatic carbocycles. The zero-order valence-corrected chi connectivity index (χ0v) is 21.0. The Morgan fingerprint density at radius 2 is 1.40 bits per heavy atom. The van der Waals surface area contributed by atoms with Crippen molar-refractivity contribution in [1.29, 1.82) is 0 Å².